The molecule has 0 heterocycles. The highest BCUT2D eigenvalue weighted by Gasteiger charge is 1.98. The van der Waals surface area contributed by atoms with Crippen LogP contribution in [0.2, 0.25) is 0 Å². The fraction of sp³-hybridized carbons (Fsp3) is 0.333. The number of aliphatic hydroxyl groups excluding tert-OH is 1. The van der Waals surface area contributed by atoms with E-state index >= 15 is 0 Å². The number of benzene rings is 1. The number of hydrogen-bond donors (Lipinski definition) is 1. The molecular formula is C9H11O2. The van der Waals surface area contributed by atoms with Crippen LogP contribution in [0.1, 0.15) is 12.5 Å². The minimum Gasteiger partial charge on any atom is -0.493 e. The molecule has 0 spiro atoms. The van der Waals surface area contributed by atoms with Crippen LogP contribution in [-0.2, 0) is 6.61 Å². The lowest BCUT2D eigenvalue weighted by atomic mass is 10.2. The number of aliphatic hydroxyl groups is 1. The number of ether oxygens (including phenoxy) is 1. The van der Waals surface area contributed by atoms with Gasteiger partial charge < -0.3 is 9.84 Å². The second-order valence-corrected chi connectivity index (χ2v) is 2.12. The number of rotatable bonds is 3. The van der Waals surface area contributed by atoms with Crippen molar-refractivity contribution in [2.45, 2.75) is 13.5 Å². The quantitative estimate of drug-likeness (QED) is 0.707. The first kappa shape index (κ1) is 8.08. The van der Waals surface area contributed by atoms with E-state index in [-0.39, 0.29) is 6.61 Å². The Balaban J connectivity index is 2.83. The van der Waals surface area contributed by atoms with E-state index in [4.69, 9.17) is 9.84 Å². The molecule has 0 saturated carbocycles. The summed E-state index contributed by atoms with van der Waals surface area (Å²) in [6.07, 6.45) is 0. The first-order chi connectivity index (χ1) is 5.38. The average Bonchev–Trinajstić information content (AvgIpc) is 2.06. The normalized spacial score (nSPS) is 9.64. The Morgan fingerprint density at radius 2 is 2.45 bits per heavy atom. The van der Waals surface area contributed by atoms with E-state index < -0.39 is 0 Å². The summed E-state index contributed by atoms with van der Waals surface area (Å²) in [5.41, 5.74) is 0.786. The minimum absolute atomic E-state index is 0.00662. The highest BCUT2D eigenvalue weighted by molar-refractivity contribution is 5.31. The average molecular weight is 151 g/mol. The summed E-state index contributed by atoms with van der Waals surface area (Å²) in [6, 6.07) is 8.32. The highest BCUT2D eigenvalue weighted by Crippen LogP contribution is 2.16. The second-order valence-electron chi connectivity index (χ2n) is 2.12. The van der Waals surface area contributed by atoms with Crippen LogP contribution in [0.5, 0.6) is 5.75 Å². The van der Waals surface area contributed by atoms with Crippen molar-refractivity contribution in [3.8, 4) is 5.75 Å². The van der Waals surface area contributed by atoms with Crippen LogP contribution < -0.4 is 4.74 Å². The van der Waals surface area contributed by atoms with E-state index in [1.165, 1.54) is 0 Å². The molecule has 0 aliphatic carbocycles. The molecule has 1 rings (SSSR count). The van der Waals surface area contributed by atoms with Gasteiger partial charge in [0.15, 0.2) is 0 Å². The third kappa shape index (κ3) is 1.95. The summed E-state index contributed by atoms with van der Waals surface area (Å²) >= 11 is 0. The fourth-order valence-electron chi connectivity index (χ4n) is 0.860. The highest BCUT2D eigenvalue weighted by atomic mass is 16.5. The van der Waals surface area contributed by atoms with Gasteiger partial charge in [-0.25, -0.2) is 0 Å². The van der Waals surface area contributed by atoms with Crippen LogP contribution in [0.3, 0.4) is 0 Å². The van der Waals surface area contributed by atoms with Gasteiger partial charge in [-0.2, -0.15) is 0 Å². The smallest absolute Gasteiger partial charge is 0.132 e. The van der Waals surface area contributed by atoms with Gasteiger partial charge in [0, 0.05) is 11.6 Å². The van der Waals surface area contributed by atoms with Crippen LogP contribution in [-0.4, -0.2) is 11.7 Å². The van der Waals surface area contributed by atoms with E-state index in [2.05, 4.69) is 6.07 Å². The van der Waals surface area contributed by atoms with E-state index in [0.29, 0.717) is 12.4 Å². The molecular weight excluding hydrogens is 140 g/mol. The Bertz CT molecular complexity index is 221. The topological polar surface area (TPSA) is 29.5 Å². The molecule has 0 atom stereocenters. The van der Waals surface area contributed by atoms with Gasteiger partial charge in [-0.3, -0.25) is 0 Å². The predicted molar refractivity (Wildman–Crippen MR) is 42.4 cm³/mol. The van der Waals surface area contributed by atoms with Crippen molar-refractivity contribution in [2.24, 2.45) is 0 Å². The first-order valence-corrected chi connectivity index (χ1v) is 3.61. The first-order valence-electron chi connectivity index (χ1n) is 3.61. The Labute approximate surface area is 66.4 Å². The maximum atomic E-state index is 8.85. The maximum absolute atomic E-state index is 8.85. The van der Waals surface area contributed by atoms with Crippen molar-refractivity contribution in [2.75, 3.05) is 6.61 Å². The Morgan fingerprint density at radius 1 is 1.64 bits per heavy atom. The molecule has 0 fully saturated rings. The molecule has 11 heavy (non-hydrogen) atoms. The van der Waals surface area contributed by atoms with Crippen molar-refractivity contribution in [3.63, 3.8) is 0 Å². The van der Waals surface area contributed by atoms with Gasteiger partial charge in [0.1, 0.15) is 5.75 Å². The zero-order valence-electron chi connectivity index (χ0n) is 6.50. The molecule has 59 valence electrons. The lowest BCUT2D eigenvalue weighted by Gasteiger charge is -2.05. The number of hydrogen-bond acceptors (Lipinski definition) is 2. The van der Waals surface area contributed by atoms with Crippen molar-refractivity contribution in [1.29, 1.82) is 0 Å². The Hall–Kier alpha value is -1.02. The van der Waals surface area contributed by atoms with Gasteiger partial charge in [0.05, 0.1) is 13.2 Å². The third-order valence-corrected chi connectivity index (χ3v) is 1.36. The van der Waals surface area contributed by atoms with Gasteiger partial charge in [-0.1, -0.05) is 18.2 Å². The molecule has 1 N–H and O–H groups in total. The van der Waals surface area contributed by atoms with Crippen molar-refractivity contribution in [1.82, 2.24) is 0 Å². The zero-order valence-corrected chi connectivity index (χ0v) is 6.50. The summed E-state index contributed by atoms with van der Waals surface area (Å²) in [6.45, 7) is 2.52. The molecule has 0 aliphatic rings. The van der Waals surface area contributed by atoms with Gasteiger partial charge >= 0.3 is 0 Å². The molecule has 1 radical (unpaired) electrons. The summed E-state index contributed by atoms with van der Waals surface area (Å²) in [7, 11) is 0. The second kappa shape index (κ2) is 3.98. The lowest BCUT2D eigenvalue weighted by molar-refractivity contribution is 0.267. The molecule has 2 nitrogen and oxygen atoms in total. The van der Waals surface area contributed by atoms with Crippen LogP contribution in [0.4, 0.5) is 0 Å². The van der Waals surface area contributed by atoms with Crippen LogP contribution in [0, 0.1) is 6.07 Å². The summed E-state index contributed by atoms with van der Waals surface area (Å²) < 4.78 is 5.21. The van der Waals surface area contributed by atoms with Crippen molar-refractivity contribution < 1.29 is 9.84 Å². The summed E-state index contributed by atoms with van der Waals surface area (Å²) in [4.78, 5) is 0. The SMILES string of the molecule is CCOc1[c]cccc1CO. The summed E-state index contributed by atoms with van der Waals surface area (Å²) in [5, 5.41) is 8.85. The molecule has 0 aliphatic heterocycles. The largest absolute Gasteiger partial charge is 0.493 e. The van der Waals surface area contributed by atoms with Gasteiger partial charge in [0.2, 0.25) is 0 Å². The van der Waals surface area contributed by atoms with E-state index in [1.807, 2.05) is 19.1 Å². The molecule has 0 aromatic heterocycles. The predicted octanol–water partition coefficient (Wildman–Crippen LogP) is 1.38. The summed E-state index contributed by atoms with van der Waals surface area (Å²) in [5.74, 6) is 0.650. The van der Waals surface area contributed by atoms with E-state index in [1.54, 1.807) is 6.07 Å². The molecule has 1 aromatic rings. The van der Waals surface area contributed by atoms with E-state index in [9.17, 15) is 0 Å². The monoisotopic (exact) mass is 151 g/mol. The molecule has 0 unspecified atom stereocenters. The third-order valence-electron chi connectivity index (χ3n) is 1.36. The fourth-order valence-corrected chi connectivity index (χ4v) is 0.860. The molecule has 1 aromatic carbocycles. The van der Waals surface area contributed by atoms with Gasteiger partial charge in [0.25, 0.3) is 0 Å². The molecule has 0 saturated heterocycles. The minimum atomic E-state index is 0.00662. The molecule has 0 amide bonds. The molecule has 0 bridgehead atoms. The van der Waals surface area contributed by atoms with Crippen molar-refractivity contribution >= 4 is 0 Å². The lowest BCUT2D eigenvalue weighted by Crippen LogP contribution is -1.95. The van der Waals surface area contributed by atoms with Crippen LogP contribution in [0.25, 0.3) is 0 Å². The van der Waals surface area contributed by atoms with Crippen LogP contribution >= 0.6 is 0 Å². The standard InChI is InChI=1S/C9H11O2/c1-2-11-9-6-4-3-5-8(9)7-10/h3-5,10H,2,7H2,1H3. The van der Waals surface area contributed by atoms with Crippen molar-refractivity contribution in [3.05, 3.63) is 29.8 Å². The zero-order chi connectivity index (χ0) is 8.10. The molecule has 2 heteroatoms. The Kier molecular flexibility index (Phi) is 2.93. The van der Waals surface area contributed by atoms with Gasteiger partial charge in [-0.15, -0.1) is 0 Å². The Morgan fingerprint density at radius 3 is 3.09 bits per heavy atom. The maximum Gasteiger partial charge on any atom is 0.132 e. The number of para-hydroxylation sites is 1. The van der Waals surface area contributed by atoms with Gasteiger partial charge in [-0.05, 0) is 6.92 Å². The van der Waals surface area contributed by atoms with Crippen LogP contribution in [0.15, 0.2) is 18.2 Å². The van der Waals surface area contributed by atoms with E-state index in [0.717, 1.165) is 5.56 Å².